The maximum absolute atomic E-state index is 12.7. The molecule has 0 radical (unpaired) electrons. The minimum atomic E-state index is -4.49. The first kappa shape index (κ1) is 15.7. The monoisotopic (exact) mass is 313 g/mol. The topological polar surface area (TPSA) is 69.4 Å². The summed E-state index contributed by atoms with van der Waals surface area (Å²) in [5.74, 6) is 0.900. The van der Waals surface area contributed by atoms with Crippen LogP contribution >= 0.6 is 0 Å². The molecule has 8 heteroatoms. The average molecular weight is 313 g/mol. The zero-order valence-electron chi connectivity index (χ0n) is 11.9. The minimum Gasteiger partial charge on any atom is -0.493 e. The third-order valence-electron chi connectivity index (χ3n) is 2.91. The summed E-state index contributed by atoms with van der Waals surface area (Å²) in [4.78, 5) is 3.56. The first-order chi connectivity index (χ1) is 10.3. The molecule has 1 aromatic heterocycles. The summed E-state index contributed by atoms with van der Waals surface area (Å²) in [6, 6.07) is 5.73. The number of aromatic nitrogens is 1. The molecule has 2 rings (SSSR count). The molecule has 1 aromatic carbocycles. The number of nitrogens with one attached hydrogen (secondary N) is 1. The van der Waals surface area contributed by atoms with E-state index in [0.29, 0.717) is 23.4 Å². The highest BCUT2D eigenvalue weighted by Gasteiger charge is 2.31. The van der Waals surface area contributed by atoms with Gasteiger partial charge in [0.05, 0.1) is 25.5 Å². The molecular weight excluding hydrogens is 299 g/mol. The van der Waals surface area contributed by atoms with Crippen LogP contribution in [0.2, 0.25) is 0 Å². The zero-order valence-corrected chi connectivity index (χ0v) is 11.9. The lowest BCUT2D eigenvalue weighted by Gasteiger charge is -2.14. The Balaban J connectivity index is 2.34. The number of benzene rings is 1. The van der Waals surface area contributed by atoms with Gasteiger partial charge in [-0.15, -0.1) is 0 Å². The molecule has 0 atom stereocenters. The van der Waals surface area contributed by atoms with Crippen molar-refractivity contribution in [2.24, 2.45) is 0 Å². The first-order valence-corrected chi connectivity index (χ1v) is 6.17. The van der Waals surface area contributed by atoms with E-state index in [-0.39, 0.29) is 11.5 Å². The van der Waals surface area contributed by atoms with Crippen LogP contribution in [-0.4, -0.2) is 19.2 Å². The van der Waals surface area contributed by atoms with Crippen molar-refractivity contribution in [1.29, 1.82) is 0 Å². The van der Waals surface area contributed by atoms with Gasteiger partial charge in [0.1, 0.15) is 5.82 Å². The Morgan fingerprint density at radius 1 is 1.09 bits per heavy atom. The van der Waals surface area contributed by atoms with Gasteiger partial charge in [-0.05, 0) is 18.2 Å². The van der Waals surface area contributed by atoms with Gasteiger partial charge in [0.15, 0.2) is 11.5 Å². The van der Waals surface area contributed by atoms with E-state index in [1.807, 2.05) is 0 Å². The van der Waals surface area contributed by atoms with Gasteiger partial charge in [-0.25, -0.2) is 4.98 Å². The molecule has 0 aliphatic heterocycles. The van der Waals surface area contributed by atoms with E-state index in [4.69, 9.17) is 15.2 Å². The van der Waals surface area contributed by atoms with Crippen LogP contribution in [0.5, 0.6) is 11.5 Å². The maximum Gasteiger partial charge on any atom is 0.417 e. The zero-order chi connectivity index (χ0) is 16.3. The van der Waals surface area contributed by atoms with Gasteiger partial charge in [0, 0.05) is 18.0 Å². The summed E-state index contributed by atoms with van der Waals surface area (Å²) in [5.41, 5.74) is 5.27. The van der Waals surface area contributed by atoms with E-state index >= 15 is 0 Å². The number of alkyl halides is 3. The molecule has 1 heterocycles. The molecular formula is C14H14F3N3O2. The fourth-order valence-electron chi connectivity index (χ4n) is 1.80. The molecule has 2 aromatic rings. The van der Waals surface area contributed by atoms with E-state index in [9.17, 15) is 13.2 Å². The largest absolute Gasteiger partial charge is 0.493 e. The molecule has 22 heavy (non-hydrogen) atoms. The van der Waals surface area contributed by atoms with E-state index < -0.39 is 11.7 Å². The number of pyridine rings is 1. The quantitative estimate of drug-likeness (QED) is 0.905. The van der Waals surface area contributed by atoms with Crippen LogP contribution in [0.3, 0.4) is 0 Å². The van der Waals surface area contributed by atoms with Gasteiger partial charge in [-0.2, -0.15) is 13.2 Å². The lowest BCUT2D eigenvalue weighted by atomic mass is 10.2. The SMILES string of the molecule is COc1ccc(Nc2cc(C(F)(F)F)cnc2N)cc1OC. The highest BCUT2D eigenvalue weighted by Crippen LogP contribution is 2.35. The van der Waals surface area contributed by atoms with Crippen molar-refractivity contribution in [1.82, 2.24) is 4.98 Å². The number of nitrogen functional groups attached to an aromatic ring is 1. The van der Waals surface area contributed by atoms with E-state index in [0.717, 1.165) is 6.07 Å². The lowest BCUT2D eigenvalue weighted by molar-refractivity contribution is -0.137. The summed E-state index contributed by atoms with van der Waals surface area (Å²) in [7, 11) is 2.95. The van der Waals surface area contributed by atoms with Gasteiger partial charge in [0.2, 0.25) is 0 Å². The Labute approximate surface area is 124 Å². The van der Waals surface area contributed by atoms with Crippen molar-refractivity contribution in [2.45, 2.75) is 6.18 Å². The van der Waals surface area contributed by atoms with Crippen LogP contribution in [0.1, 0.15) is 5.56 Å². The second-order valence-corrected chi connectivity index (χ2v) is 4.35. The number of hydrogen-bond donors (Lipinski definition) is 2. The van der Waals surface area contributed by atoms with Crippen LogP contribution in [0.4, 0.5) is 30.4 Å². The average Bonchev–Trinajstić information content (AvgIpc) is 2.48. The van der Waals surface area contributed by atoms with E-state index in [1.54, 1.807) is 18.2 Å². The molecule has 0 aliphatic rings. The number of hydrogen-bond acceptors (Lipinski definition) is 5. The number of methoxy groups -OCH3 is 2. The number of ether oxygens (including phenoxy) is 2. The van der Waals surface area contributed by atoms with Gasteiger partial charge >= 0.3 is 6.18 Å². The van der Waals surface area contributed by atoms with Gasteiger partial charge in [-0.1, -0.05) is 0 Å². The molecule has 0 bridgehead atoms. The molecule has 3 N–H and O–H groups in total. The first-order valence-electron chi connectivity index (χ1n) is 6.17. The summed E-state index contributed by atoms with van der Waals surface area (Å²) >= 11 is 0. The Morgan fingerprint density at radius 2 is 1.77 bits per heavy atom. The van der Waals surface area contributed by atoms with Crippen molar-refractivity contribution < 1.29 is 22.6 Å². The number of nitrogens with two attached hydrogens (primary N) is 1. The standard InChI is InChI=1S/C14H14F3N3O2/c1-21-11-4-3-9(6-12(11)22-2)20-10-5-8(14(15,16)17)7-19-13(10)18/h3-7,20H,1-2H3,(H2,18,19). The van der Waals surface area contributed by atoms with Crippen molar-refractivity contribution in [2.75, 3.05) is 25.3 Å². The lowest BCUT2D eigenvalue weighted by Crippen LogP contribution is -2.08. The third-order valence-corrected chi connectivity index (χ3v) is 2.91. The Hall–Kier alpha value is -2.64. The van der Waals surface area contributed by atoms with Crippen LogP contribution < -0.4 is 20.5 Å². The molecule has 0 saturated carbocycles. The molecule has 0 amide bonds. The molecule has 0 saturated heterocycles. The second-order valence-electron chi connectivity index (χ2n) is 4.35. The summed E-state index contributed by atoms with van der Waals surface area (Å²) in [6.45, 7) is 0. The molecule has 0 aliphatic carbocycles. The fraction of sp³-hybridized carbons (Fsp3) is 0.214. The van der Waals surface area contributed by atoms with Crippen molar-refractivity contribution >= 4 is 17.2 Å². The highest BCUT2D eigenvalue weighted by atomic mass is 19.4. The predicted molar refractivity (Wildman–Crippen MR) is 76.5 cm³/mol. The molecule has 5 nitrogen and oxygen atoms in total. The summed E-state index contributed by atoms with van der Waals surface area (Å²) < 4.78 is 48.4. The number of halogens is 3. The highest BCUT2D eigenvalue weighted by molar-refractivity contribution is 5.71. The Bertz CT molecular complexity index is 675. The van der Waals surface area contributed by atoms with Crippen molar-refractivity contribution in [3.05, 3.63) is 36.0 Å². The van der Waals surface area contributed by atoms with Crippen LogP contribution in [0.15, 0.2) is 30.5 Å². The third kappa shape index (κ3) is 3.33. The predicted octanol–water partition coefficient (Wildman–Crippen LogP) is 3.44. The van der Waals surface area contributed by atoms with Crippen molar-refractivity contribution in [3.63, 3.8) is 0 Å². The summed E-state index contributed by atoms with van der Waals surface area (Å²) in [5, 5.41) is 2.79. The summed E-state index contributed by atoms with van der Waals surface area (Å²) in [6.07, 6.45) is -3.80. The second kappa shape index (κ2) is 6.00. The molecule has 118 valence electrons. The number of rotatable bonds is 4. The normalized spacial score (nSPS) is 11.1. The number of anilines is 3. The van der Waals surface area contributed by atoms with Crippen molar-refractivity contribution in [3.8, 4) is 11.5 Å². The molecule has 0 fully saturated rings. The van der Waals surface area contributed by atoms with Gasteiger partial charge < -0.3 is 20.5 Å². The fourth-order valence-corrected chi connectivity index (χ4v) is 1.80. The van der Waals surface area contributed by atoms with Crippen LogP contribution in [0.25, 0.3) is 0 Å². The van der Waals surface area contributed by atoms with E-state index in [1.165, 1.54) is 14.2 Å². The van der Waals surface area contributed by atoms with Crippen LogP contribution in [-0.2, 0) is 6.18 Å². The van der Waals surface area contributed by atoms with E-state index in [2.05, 4.69) is 10.3 Å². The minimum absolute atomic E-state index is 0.0391. The van der Waals surface area contributed by atoms with Gasteiger partial charge in [0.25, 0.3) is 0 Å². The Morgan fingerprint density at radius 3 is 2.36 bits per heavy atom. The van der Waals surface area contributed by atoms with Gasteiger partial charge in [-0.3, -0.25) is 0 Å². The molecule has 0 spiro atoms. The Kier molecular flexibility index (Phi) is 4.30. The number of nitrogens with zero attached hydrogens (tertiary/aromatic N) is 1. The smallest absolute Gasteiger partial charge is 0.417 e. The maximum atomic E-state index is 12.7. The van der Waals surface area contributed by atoms with Crippen LogP contribution in [0, 0.1) is 0 Å². The molecule has 0 unspecified atom stereocenters.